The third kappa shape index (κ3) is 4.49. The van der Waals surface area contributed by atoms with Gasteiger partial charge in [0.15, 0.2) is 5.75 Å². The Morgan fingerprint density at radius 2 is 1.78 bits per heavy atom. The number of pyridine rings is 1. The third-order valence-corrected chi connectivity index (χ3v) is 5.69. The molecule has 2 aromatic carbocycles. The van der Waals surface area contributed by atoms with Crippen LogP contribution in [0, 0.1) is 0 Å². The highest BCUT2D eigenvalue weighted by molar-refractivity contribution is 6.42. The molecule has 0 aliphatic carbocycles. The molecule has 3 aromatic rings. The van der Waals surface area contributed by atoms with E-state index in [-0.39, 0.29) is 21.8 Å². The Hall–Kier alpha value is -3.29. The number of anilines is 1. The van der Waals surface area contributed by atoms with Gasteiger partial charge in [-0.2, -0.15) is 0 Å². The van der Waals surface area contributed by atoms with Gasteiger partial charge in [0.1, 0.15) is 0 Å². The van der Waals surface area contributed by atoms with Crippen LogP contribution in [0.15, 0.2) is 53.3 Å². The van der Waals surface area contributed by atoms with Crippen LogP contribution in [-0.4, -0.2) is 33.2 Å². The predicted molar refractivity (Wildman–Crippen MR) is 124 cm³/mol. The lowest BCUT2D eigenvalue weighted by molar-refractivity contribution is 0.0696. The van der Waals surface area contributed by atoms with E-state index in [0.717, 1.165) is 4.57 Å². The molecule has 9 heteroatoms. The Morgan fingerprint density at radius 1 is 1.06 bits per heavy atom. The number of rotatable bonds is 6. The van der Waals surface area contributed by atoms with Gasteiger partial charge in [-0.15, -0.1) is 0 Å². The predicted octanol–water partition coefficient (Wildman–Crippen LogP) is 4.82. The summed E-state index contributed by atoms with van der Waals surface area (Å²) in [6.07, 6.45) is 0.602. The second kappa shape index (κ2) is 9.46. The Morgan fingerprint density at radius 3 is 2.41 bits per heavy atom. The summed E-state index contributed by atoms with van der Waals surface area (Å²) in [5.41, 5.74) is 0.195. The van der Waals surface area contributed by atoms with Gasteiger partial charge in [-0.25, -0.2) is 4.79 Å². The minimum Gasteiger partial charge on any atom is -0.502 e. The minimum atomic E-state index is -1.12. The zero-order valence-electron chi connectivity index (χ0n) is 17.3. The lowest BCUT2D eigenvalue weighted by Gasteiger charge is -2.24. The molecular weight excluding hydrogens is 455 g/mol. The quantitative estimate of drug-likeness (QED) is 0.533. The standard InChI is InChI=1S/C23H20Cl2N2O5/c1-3-9-27(15-7-8-17(24)18(25)11-15)21(29)16-12-19(26(2)22(30)20(16)28)13-5-4-6-14(10-13)23(31)32/h4-8,10-12,28H,3,9H2,1-2H3,(H,31,32). The van der Waals surface area contributed by atoms with Crippen LogP contribution in [0.3, 0.4) is 0 Å². The molecule has 0 aliphatic rings. The average Bonchev–Trinajstić information content (AvgIpc) is 2.77. The van der Waals surface area contributed by atoms with Gasteiger partial charge < -0.3 is 19.7 Å². The Balaban J connectivity index is 2.17. The maximum absolute atomic E-state index is 13.4. The summed E-state index contributed by atoms with van der Waals surface area (Å²) < 4.78 is 1.16. The molecule has 0 spiro atoms. The summed E-state index contributed by atoms with van der Waals surface area (Å²) in [6, 6.07) is 12.1. The fourth-order valence-electron chi connectivity index (χ4n) is 3.31. The third-order valence-electron chi connectivity index (χ3n) is 4.95. The van der Waals surface area contributed by atoms with E-state index in [1.165, 1.54) is 42.3 Å². The van der Waals surface area contributed by atoms with E-state index in [9.17, 15) is 24.6 Å². The summed E-state index contributed by atoms with van der Waals surface area (Å²) >= 11 is 12.1. The number of benzene rings is 2. The molecule has 0 atom stereocenters. The van der Waals surface area contributed by atoms with E-state index in [1.807, 2.05) is 6.92 Å². The highest BCUT2D eigenvalue weighted by atomic mass is 35.5. The van der Waals surface area contributed by atoms with Gasteiger partial charge in [-0.05, 0) is 48.4 Å². The van der Waals surface area contributed by atoms with Crippen LogP contribution in [0.5, 0.6) is 5.75 Å². The molecule has 32 heavy (non-hydrogen) atoms. The number of halogens is 2. The smallest absolute Gasteiger partial charge is 0.335 e. The first-order valence-electron chi connectivity index (χ1n) is 9.69. The number of hydrogen-bond acceptors (Lipinski definition) is 4. The number of aromatic carboxylic acids is 1. The monoisotopic (exact) mass is 474 g/mol. The first-order chi connectivity index (χ1) is 15.1. The number of carboxylic acid groups (broad SMARTS) is 1. The molecule has 0 fully saturated rings. The van der Waals surface area contributed by atoms with Gasteiger partial charge in [-0.3, -0.25) is 9.59 Å². The zero-order valence-corrected chi connectivity index (χ0v) is 18.8. The second-order valence-corrected chi connectivity index (χ2v) is 7.91. The van der Waals surface area contributed by atoms with Crippen molar-refractivity contribution in [2.75, 3.05) is 11.4 Å². The first kappa shape index (κ1) is 23.4. The van der Waals surface area contributed by atoms with E-state index < -0.39 is 23.2 Å². The number of carbonyl (C=O) groups excluding carboxylic acids is 1. The van der Waals surface area contributed by atoms with Gasteiger partial charge in [0.25, 0.3) is 11.5 Å². The van der Waals surface area contributed by atoms with Gasteiger partial charge in [0.05, 0.1) is 26.9 Å². The summed E-state index contributed by atoms with van der Waals surface area (Å²) in [5.74, 6) is -2.42. The van der Waals surface area contributed by atoms with Crippen molar-refractivity contribution in [3.05, 3.63) is 80.1 Å². The maximum Gasteiger partial charge on any atom is 0.335 e. The van der Waals surface area contributed by atoms with Crippen LogP contribution < -0.4 is 10.5 Å². The van der Waals surface area contributed by atoms with E-state index in [0.29, 0.717) is 29.2 Å². The SMILES string of the molecule is CCCN(C(=O)c1cc(-c2cccc(C(=O)O)c2)n(C)c(=O)c1O)c1ccc(Cl)c(Cl)c1. The van der Waals surface area contributed by atoms with Gasteiger partial charge >= 0.3 is 5.97 Å². The van der Waals surface area contributed by atoms with E-state index >= 15 is 0 Å². The first-order valence-corrected chi connectivity index (χ1v) is 10.4. The molecule has 1 amide bonds. The average molecular weight is 475 g/mol. The molecule has 1 aromatic heterocycles. The van der Waals surface area contributed by atoms with Gasteiger partial charge in [0, 0.05) is 19.3 Å². The Bertz CT molecular complexity index is 1270. The number of aromatic nitrogens is 1. The second-order valence-electron chi connectivity index (χ2n) is 7.10. The van der Waals surface area contributed by atoms with Crippen molar-refractivity contribution in [2.45, 2.75) is 13.3 Å². The number of hydrogen-bond donors (Lipinski definition) is 2. The Labute approximate surface area is 194 Å². The van der Waals surface area contributed by atoms with Crippen molar-refractivity contribution in [1.82, 2.24) is 4.57 Å². The fourth-order valence-corrected chi connectivity index (χ4v) is 3.60. The molecule has 0 saturated heterocycles. The van der Waals surface area contributed by atoms with Crippen LogP contribution in [-0.2, 0) is 7.05 Å². The van der Waals surface area contributed by atoms with Crippen LogP contribution in [0.4, 0.5) is 5.69 Å². The number of nitrogens with zero attached hydrogens (tertiary/aromatic N) is 2. The normalized spacial score (nSPS) is 10.8. The number of amides is 1. The zero-order chi connectivity index (χ0) is 23.6. The topological polar surface area (TPSA) is 99.8 Å². The fraction of sp³-hybridized carbons (Fsp3) is 0.174. The molecule has 0 radical (unpaired) electrons. The number of aromatic hydroxyl groups is 1. The number of carboxylic acids is 1. The molecule has 0 saturated carbocycles. The van der Waals surface area contributed by atoms with E-state index in [1.54, 1.807) is 18.2 Å². The molecule has 0 bridgehead atoms. The maximum atomic E-state index is 13.4. The van der Waals surface area contributed by atoms with Crippen molar-refractivity contribution in [3.8, 4) is 17.0 Å². The van der Waals surface area contributed by atoms with Crippen molar-refractivity contribution in [3.63, 3.8) is 0 Å². The Kier molecular flexibility index (Phi) is 6.91. The highest BCUT2D eigenvalue weighted by Gasteiger charge is 2.25. The summed E-state index contributed by atoms with van der Waals surface area (Å²) in [5, 5.41) is 20.4. The minimum absolute atomic E-state index is 0.0271. The van der Waals surface area contributed by atoms with Crippen LogP contribution in [0.2, 0.25) is 10.0 Å². The number of carbonyl (C=O) groups is 2. The molecule has 0 unspecified atom stereocenters. The van der Waals surface area contributed by atoms with E-state index in [4.69, 9.17) is 23.2 Å². The lowest BCUT2D eigenvalue weighted by atomic mass is 10.0. The van der Waals surface area contributed by atoms with Crippen molar-refractivity contribution in [1.29, 1.82) is 0 Å². The molecule has 7 nitrogen and oxygen atoms in total. The molecule has 1 heterocycles. The van der Waals surface area contributed by atoms with Crippen molar-refractivity contribution in [2.24, 2.45) is 7.05 Å². The van der Waals surface area contributed by atoms with Gasteiger partial charge in [0.2, 0.25) is 0 Å². The van der Waals surface area contributed by atoms with Gasteiger partial charge in [-0.1, -0.05) is 42.3 Å². The van der Waals surface area contributed by atoms with Crippen LogP contribution >= 0.6 is 23.2 Å². The largest absolute Gasteiger partial charge is 0.502 e. The lowest BCUT2D eigenvalue weighted by Crippen LogP contribution is -2.33. The molecule has 3 rings (SSSR count). The molecule has 0 aliphatic heterocycles. The summed E-state index contributed by atoms with van der Waals surface area (Å²) in [7, 11) is 1.43. The van der Waals surface area contributed by atoms with Crippen LogP contribution in [0.1, 0.15) is 34.1 Å². The molecule has 166 valence electrons. The highest BCUT2D eigenvalue weighted by Crippen LogP contribution is 2.30. The summed E-state index contributed by atoms with van der Waals surface area (Å²) in [4.78, 5) is 38.9. The molecular formula is C23H20Cl2N2O5. The van der Waals surface area contributed by atoms with Crippen molar-refractivity contribution < 1.29 is 19.8 Å². The molecule has 2 N–H and O–H groups in total. The van der Waals surface area contributed by atoms with Crippen LogP contribution in [0.25, 0.3) is 11.3 Å². The van der Waals surface area contributed by atoms with Crippen molar-refractivity contribution >= 4 is 40.8 Å². The summed E-state index contributed by atoms with van der Waals surface area (Å²) in [6.45, 7) is 2.18. The van der Waals surface area contributed by atoms with E-state index in [2.05, 4.69) is 0 Å².